The van der Waals surface area contributed by atoms with Crippen LogP contribution in [-0.4, -0.2) is 5.91 Å². The fraction of sp³-hybridized carbons (Fsp3) is 0. The average Bonchev–Trinajstić information content (AvgIpc) is 2.40. The Morgan fingerprint density at radius 1 is 1.00 bits per heavy atom. The smallest absolute Gasteiger partial charge is 0.255 e. The fourth-order valence-electron chi connectivity index (χ4n) is 1.46. The third kappa shape index (κ3) is 3.47. The van der Waals surface area contributed by atoms with E-state index >= 15 is 0 Å². The highest BCUT2D eigenvalue weighted by Gasteiger charge is 2.01. The van der Waals surface area contributed by atoms with Gasteiger partial charge in [0.25, 0.3) is 5.91 Å². The van der Waals surface area contributed by atoms with Gasteiger partial charge in [0.2, 0.25) is 0 Å². The second-order valence-corrected chi connectivity index (χ2v) is 4.16. The molecular formula is C15H12ClNO. The molecule has 0 saturated carbocycles. The maximum atomic E-state index is 11.7. The van der Waals surface area contributed by atoms with Gasteiger partial charge in [-0.1, -0.05) is 41.9 Å². The van der Waals surface area contributed by atoms with Gasteiger partial charge in [-0.05, 0) is 35.9 Å². The van der Waals surface area contributed by atoms with E-state index in [1.54, 1.807) is 30.5 Å². The first-order valence-electron chi connectivity index (χ1n) is 5.54. The van der Waals surface area contributed by atoms with Crippen molar-refractivity contribution in [3.05, 3.63) is 76.9 Å². The molecule has 0 atom stereocenters. The number of benzene rings is 2. The van der Waals surface area contributed by atoms with Crippen LogP contribution in [0.3, 0.4) is 0 Å². The Labute approximate surface area is 111 Å². The molecule has 2 aromatic carbocycles. The second-order valence-electron chi connectivity index (χ2n) is 3.72. The lowest BCUT2D eigenvalue weighted by Crippen LogP contribution is -2.16. The summed E-state index contributed by atoms with van der Waals surface area (Å²) in [6.45, 7) is 0. The van der Waals surface area contributed by atoms with Gasteiger partial charge in [0.15, 0.2) is 0 Å². The van der Waals surface area contributed by atoms with Crippen LogP contribution < -0.4 is 5.32 Å². The van der Waals surface area contributed by atoms with Crippen LogP contribution in [0, 0.1) is 0 Å². The van der Waals surface area contributed by atoms with E-state index in [0.29, 0.717) is 10.6 Å². The molecule has 0 aliphatic carbocycles. The standard InChI is InChI=1S/C15H12ClNO/c16-14-8-6-13(7-9-14)15(18)17-11-10-12-4-2-1-3-5-12/h1-11H,(H,17,18). The minimum absolute atomic E-state index is 0.154. The van der Waals surface area contributed by atoms with Crippen LogP contribution in [0.25, 0.3) is 6.08 Å². The molecule has 0 aliphatic rings. The lowest BCUT2D eigenvalue weighted by atomic mass is 10.2. The van der Waals surface area contributed by atoms with E-state index in [0.717, 1.165) is 5.56 Å². The maximum Gasteiger partial charge on any atom is 0.255 e. The van der Waals surface area contributed by atoms with Crippen molar-refractivity contribution in [2.75, 3.05) is 0 Å². The molecule has 0 saturated heterocycles. The highest BCUT2D eigenvalue weighted by atomic mass is 35.5. The van der Waals surface area contributed by atoms with Crippen LogP contribution in [0.5, 0.6) is 0 Å². The molecule has 2 aromatic rings. The normalized spacial score (nSPS) is 10.5. The van der Waals surface area contributed by atoms with Crippen LogP contribution in [-0.2, 0) is 0 Å². The van der Waals surface area contributed by atoms with E-state index in [9.17, 15) is 4.79 Å². The van der Waals surface area contributed by atoms with Crippen molar-refractivity contribution in [2.24, 2.45) is 0 Å². The topological polar surface area (TPSA) is 29.1 Å². The van der Waals surface area contributed by atoms with Gasteiger partial charge in [-0.2, -0.15) is 0 Å². The van der Waals surface area contributed by atoms with E-state index in [4.69, 9.17) is 11.6 Å². The van der Waals surface area contributed by atoms with Crippen LogP contribution in [0.4, 0.5) is 0 Å². The monoisotopic (exact) mass is 257 g/mol. The number of halogens is 1. The van der Waals surface area contributed by atoms with Gasteiger partial charge in [-0.3, -0.25) is 4.79 Å². The zero-order valence-corrected chi connectivity index (χ0v) is 10.4. The summed E-state index contributed by atoms with van der Waals surface area (Å²) in [5.41, 5.74) is 1.62. The third-order valence-electron chi connectivity index (χ3n) is 2.40. The summed E-state index contributed by atoms with van der Waals surface area (Å²) in [6, 6.07) is 16.5. The first-order chi connectivity index (χ1) is 8.75. The molecule has 0 aliphatic heterocycles. The number of amides is 1. The summed E-state index contributed by atoms with van der Waals surface area (Å²) in [7, 11) is 0. The van der Waals surface area contributed by atoms with Crippen LogP contribution in [0.2, 0.25) is 5.02 Å². The summed E-state index contributed by atoms with van der Waals surface area (Å²) in [6.07, 6.45) is 3.47. The second kappa shape index (κ2) is 6.03. The molecule has 0 aromatic heterocycles. The first-order valence-corrected chi connectivity index (χ1v) is 5.91. The number of carbonyl (C=O) groups is 1. The molecule has 2 nitrogen and oxygen atoms in total. The maximum absolute atomic E-state index is 11.7. The molecule has 0 fully saturated rings. The fourth-order valence-corrected chi connectivity index (χ4v) is 1.59. The first kappa shape index (κ1) is 12.4. The summed E-state index contributed by atoms with van der Waals surface area (Å²) < 4.78 is 0. The SMILES string of the molecule is O=C(NC=Cc1ccccc1)c1ccc(Cl)cc1. The number of nitrogens with one attached hydrogen (secondary N) is 1. The molecule has 0 unspecified atom stereocenters. The van der Waals surface area contributed by atoms with Gasteiger partial charge in [0.05, 0.1) is 0 Å². The average molecular weight is 258 g/mol. The van der Waals surface area contributed by atoms with Gasteiger partial charge >= 0.3 is 0 Å². The molecule has 1 N–H and O–H groups in total. The van der Waals surface area contributed by atoms with Crippen molar-refractivity contribution < 1.29 is 4.79 Å². The van der Waals surface area contributed by atoms with Crippen LogP contribution in [0.15, 0.2) is 60.8 Å². The molecule has 1 amide bonds. The predicted molar refractivity (Wildman–Crippen MR) is 74.4 cm³/mol. The Bertz CT molecular complexity index is 546. The van der Waals surface area contributed by atoms with Gasteiger partial charge < -0.3 is 5.32 Å². The molecule has 0 spiro atoms. The summed E-state index contributed by atoms with van der Waals surface area (Å²) >= 11 is 5.76. The molecule has 0 bridgehead atoms. The van der Waals surface area contributed by atoms with Crippen molar-refractivity contribution in [3.63, 3.8) is 0 Å². The zero-order valence-electron chi connectivity index (χ0n) is 9.64. The zero-order chi connectivity index (χ0) is 12.8. The Balaban J connectivity index is 1.96. The Morgan fingerprint density at radius 3 is 2.33 bits per heavy atom. The largest absolute Gasteiger partial charge is 0.329 e. The van der Waals surface area contributed by atoms with E-state index in [2.05, 4.69) is 5.32 Å². The van der Waals surface area contributed by atoms with Crippen molar-refractivity contribution in [1.82, 2.24) is 5.32 Å². The van der Waals surface area contributed by atoms with E-state index in [1.807, 2.05) is 36.4 Å². The Kier molecular flexibility index (Phi) is 4.15. The van der Waals surface area contributed by atoms with Crippen molar-refractivity contribution in [2.45, 2.75) is 0 Å². The van der Waals surface area contributed by atoms with Crippen molar-refractivity contribution in [1.29, 1.82) is 0 Å². The highest BCUT2D eigenvalue weighted by Crippen LogP contribution is 2.09. The lowest BCUT2D eigenvalue weighted by molar-refractivity contribution is 0.0970. The minimum atomic E-state index is -0.154. The van der Waals surface area contributed by atoms with Crippen LogP contribution in [0.1, 0.15) is 15.9 Å². The highest BCUT2D eigenvalue weighted by molar-refractivity contribution is 6.30. The number of carbonyl (C=O) groups excluding carboxylic acids is 1. The van der Waals surface area contributed by atoms with Crippen molar-refractivity contribution >= 4 is 23.6 Å². The Morgan fingerprint density at radius 2 is 1.67 bits per heavy atom. The summed E-state index contributed by atoms with van der Waals surface area (Å²) in [5, 5.41) is 3.32. The molecule has 90 valence electrons. The van der Waals surface area contributed by atoms with Gasteiger partial charge in [-0.25, -0.2) is 0 Å². The third-order valence-corrected chi connectivity index (χ3v) is 2.65. The molecule has 0 radical (unpaired) electrons. The summed E-state index contributed by atoms with van der Waals surface area (Å²) in [5.74, 6) is -0.154. The van der Waals surface area contributed by atoms with Crippen LogP contribution >= 0.6 is 11.6 Å². The number of hydrogen-bond donors (Lipinski definition) is 1. The molecule has 18 heavy (non-hydrogen) atoms. The quantitative estimate of drug-likeness (QED) is 0.892. The van der Waals surface area contributed by atoms with E-state index < -0.39 is 0 Å². The number of hydrogen-bond acceptors (Lipinski definition) is 1. The molecule has 0 heterocycles. The Hall–Kier alpha value is -2.06. The predicted octanol–water partition coefficient (Wildman–Crippen LogP) is 3.74. The molecular weight excluding hydrogens is 246 g/mol. The minimum Gasteiger partial charge on any atom is -0.329 e. The number of rotatable bonds is 3. The van der Waals surface area contributed by atoms with Gasteiger partial charge in [0.1, 0.15) is 0 Å². The van der Waals surface area contributed by atoms with Gasteiger partial charge in [0, 0.05) is 16.8 Å². The molecule has 3 heteroatoms. The van der Waals surface area contributed by atoms with Crippen molar-refractivity contribution in [3.8, 4) is 0 Å². The van der Waals surface area contributed by atoms with E-state index in [-0.39, 0.29) is 5.91 Å². The van der Waals surface area contributed by atoms with Gasteiger partial charge in [-0.15, -0.1) is 0 Å². The van der Waals surface area contributed by atoms with E-state index in [1.165, 1.54) is 0 Å². The summed E-state index contributed by atoms with van der Waals surface area (Å²) in [4.78, 5) is 11.7. The molecule has 2 rings (SSSR count). The lowest BCUT2D eigenvalue weighted by Gasteiger charge is -2.00.